The predicted molar refractivity (Wildman–Crippen MR) is 112 cm³/mol. The smallest absolute Gasteiger partial charge is 0.191 e. The predicted octanol–water partition coefficient (Wildman–Crippen LogP) is 2.71. The Morgan fingerprint density at radius 2 is 1.88 bits per heavy atom. The van der Waals surface area contributed by atoms with E-state index < -0.39 is 0 Å². The van der Waals surface area contributed by atoms with Gasteiger partial charge in [0.2, 0.25) is 0 Å². The number of morpholine rings is 1. The Labute approximate surface area is 165 Å². The van der Waals surface area contributed by atoms with Gasteiger partial charge in [0.1, 0.15) is 0 Å². The summed E-state index contributed by atoms with van der Waals surface area (Å²) >= 11 is 0. The van der Waals surface area contributed by atoms with Gasteiger partial charge in [0.25, 0.3) is 0 Å². The highest BCUT2D eigenvalue weighted by atomic mass is 127. The van der Waals surface area contributed by atoms with E-state index in [1.165, 1.54) is 25.7 Å². The molecule has 0 aromatic rings. The molecule has 0 radical (unpaired) electrons. The molecule has 2 fully saturated rings. The lowest BCUT2D eigenvalue weighted by atomic mass is 9.67. The summed E-state index contributed by atoms with van der Waals surface area (Å²) in [7, 11) is 1.87. The van der Waals surface area contributed by atoms with E-state index in [4.69, 9.17) is 4.74 Å². The highest BCUT2D eigenvalue weighted by molar-refractivity contribution is 14.0. The molecule has 1 saturated carbocycles. The molecule has 0 aromatic heterocycles. The Morgan fingerprint density at radius 3 is 2.33 bits per heavy atom. The third kappa shape index (κ3) is 6.02. The highest BCUT2D eigenvalue weighted by Crippen LogP contribution is 2.42. The van der Waals surface area contributed by atoms with E-state index in [2.05, 4.69) is 41.3 Å². The van der Waals surface area contributed by atoms with Gasteiger partial charge in [-0.2, -0.15) is 0 Å². The van der Waals surface area contributed by atoms with Crippen molar-refractivity contribution in [1.29, 1.82) is 0 Å². The summed E-state index contributed by atoms with van der Waals surface area (Å²) in [6.45, 7) is 12.7. The Balaban J connectivity index is 0.00000288. The largest absolute Gasteiger partial charge is 0.379 e. The van der Waals surface area contributed by atoms with Gasteiger partial charge in [0.15, 0.2) is 5.96 Å². The number of hydrogen-bond acceptors (Lipinski definition) is 3. The van der Waals surface area contributed by atoms with Gasteiger partial charge in [-0.25, -0.2) is 0 Å². The second-order valence-corrected chi connectivity index (χ2v) is 7.47. The molecule has 2 N–H and O–H groups in total. The fourth-order valence-corrected chi connectivity index (χ4v) is 3.72. The molecule has 0 amide bonds. The van der Waals surface area contributed by atoms with E-state index in [9.17, 15) is 0 Å². The minimum atomic E-state index is 0. The van der Waals surface area contributed by atoms with E-state index in [-0.39, 0.29) is 24.0 Å². The van der Waals surface area contributed by atoms with Gasteiger partial charge < -0.3 is 15.4 Å². The second-order valence-electron chi connectivity index (χ2n) is 7.47. The van der Waals surface area contributed by atoms with Gasteiger partial charge in [-0.3, -0.25) is 9.89 Å². The molecule has 6 heteroatoms. The van der Waals surface area contributed by atoms with Crippen LogP contribution in [0.25, 0.3) is 0 Å². The van der Waals surface area contributed by atoms with Gasteiger partial charge in [0, 0.05) is 39.3 Å². The number of aliphatic imine (C=N–C) groups is 1. The maximum Gasteiger partial charge on any atom is 0.191 e. The van der Waals surface area contributed by atoms with Crippen LogP contribution in [0.5, 0.6) is 0 Å². The van der Waals surface area contributed by atoms with Crippen LogP contribution in [0.4, 0.5) is 0 Å². The molecule has 1 atom stereocenters. The number of ether oxygens (including phenoxy) is 1. The molecule has 1 saturated heterocycles. The maximum atomic E-state index is 5.49. The van der Waals surface area contributed by atoms with Crippen molar-refractivity contribution >= 4 is 29.9 Å². The molecule has 1 aliphatic heterocycles. The molecule has 1 heterocycles. The van der Waals surface area contributed by atoms with E-state index >= 15 is 0 Å². The van der Waals surface area contributed by atoms with Crippen molar-refractivity contribution in [3.63, 3.8) is 0 Å². The van der Waals surface area contributed by atoms with Crippen molar-refractivity contribution in [2.45, 2.75) is 52.5 Å². The fourth-order valence-electron chi connectivity index (χ4n) is 3.72. The molecule has 0 spiro atoms. The average molecular weight is 452 g/mol. The van der Waals surface area contributed by atoms with Crippen LogP contribution in [-0.2, 0) is 4.74 Å². The molecule has 5 nitrogen and oxygen atoms in total. The molecular formula is C18H37IN4O. The summed E-state index contributed by atoms with van der Waals surface area (Å²) in [5.41, 5.74) is 0.513. The average Bonchev–Trinajstić information content (AvgIpc) is 2.53. The van der Waals surface area contributed by atoms with E-state index in [1.54, 1.807) is 0 Å². The lowest BCUT2D eigenvalue weighted by molar-refractivity contribution is 0.00750. The monoisotopic (exact) mass is 452 g/mol. The zero-order valence-corrected chi connectivity index (χ0v) is 18.3. The summed E-state index contributed by atoms with van der Waals surface area (Å²) in [4.78, 5) is 6.96. The minimum Gasteiger partial charge on any atom is -0.379 e. The zero-order chi connectivity index (χ0) is 16.7. The van der Waals surface area contributed by atoms with E-state index in [0.29, 0.717) is 17.4 Å². The van der Waals surface area contributed by atoms with Gasteiger partial charge in [-0.05, 0) is 30.6 Å². The highest BCUT2D eigenvalue weighted by Gasteiger charge is 2.35. The van der Waals surface area contributed by atoms with Crippen molar-refractivity contribution in [3.8, 4) is 0 Å². The van der Waals surface area contributed by atoms with Crippen LogP contribution in [-0.4, -0.2) is 63.3 Å². The zero-order valence-electron chi connectivity index (χ0n) is 15.9. The first-order chi connectivity index (χ1) is 11.1. The topological polar surface area (TPSA) is 48.9 Å². The summed E-state index contributed by atoms with van der Waals surface area (Å²) in [6.07, 6.45) is 5.36. The third-order valence-electron chi connectivity index (χ3n) is 5.78. The molecule has 142 valence electrons. The molecule has 2 rings (SSSR count). The standard InChI is InChI=1S/C18H36N4O.HI/c1-5-18(7-6-8-18)14-21-17(19-4)20-13-16(15(2)3)22-9-11-23-12-10-22;/h15-16H,5-14H2,1-4H3,(H2,19,20,21);1H. The SMILES string of the molecule is CCC1(CNC(=NC)NCC(C(C)C)N2CCOCC2)CCC1.I. The number of nitrogens with zero attached hydrogens (tertiary/aromatic N) is 2. The number of hydrogen-bond donors (Lipinski definition) is 2. The third-order valence-corrected chi connectivity index (χ3v) is 5.78. The van der Waals surface area contributed by atoms with Crippen LogP contribution in [0.1, 0.15) is 46.5 Å². The van der Waals surface area contributed by atoms with E-state index in [1.807, 2.05) is 7.05 Å². The Hall–Kier alpha value is -0.0800. The van der Waals surface area contributed by atoms with Gasteiger partial charge >= 0.3 is 0 Å². The van der Waals surface area contributed by atoms with Crippen molar-refractivity contribution < 1.29 is 4.74 Å². The summed E-state index contributed by atoms with van der Waals surface area (Å²) in [6, 6.07) is 0.529. The molecule has 2 aliphatic rings. The number of halogens is 1. The van der Waals surface area contributed by atoms with Crippen LogP contribution in [0, 0.1) is 11.3 Å². The first-order valence-electron chi connectivity index (χ1n) is 9.36. The van der Waals surface area contributed by atoms with Crippen LogP contribution in [0.3, 0.4) is 0 Å². The van der Waals surface area contributed by atoms with Crippen molar-refractivity contribution in [2.75, 3.05) is 46.4 Å². The molecule has 0 aromatic carbocycles. The summed E-state index contributed by atoms with van der Waals surface area (Å²) < 4.78 is 5.49. The van der Waals surface area contributed by atoms with Crippen LogP contribution < -0.4 is 10.6 Å². The van der Waals surface area contributed by atoms with Gasteiger partial charge in [-0.15, -0.1) is 24.0 Å². The van der Waals surface area contributed by atoms with Crippen molar-refractivity contribution in [1.82, 2.24) is 15.5 Å². The summed E-state index contributed by atoms with van der Waals surface area (Å²) in [5, 5.41) is 7.11. The van der Waals surface area contributed by atoms with E-state index in [0.717, 1.165) is 45.4 Å². The molecule has 24 heavy (non-hydrogen) atoms. The first-order valence-corrected chi connectivity index (χ1v) is 9.36. The molecule has 1 aliphatic carbocycles. The molecule has 1 unspecified atom stereocenters. The Kier molecular flexibility index (Phi) is 9.89. The Bertz CT molecular complexity index is 374. The van der Waals surface area contributed by atoms with Gasteiger partial charge in [-0.1, -0.05) is 27.2 Å². The van der Waals surface area contributed by atoms with Crippen LogP contribution >= 0.6 is 24.0 Å². The summed E-state index contributed by atoms with van der Waals surface area (Å²) in [5.74, 6) is 1.57. The second kappa shape index (κ2) is 10.8. The normalized spacial score (nSPS) is 22.5. The molecular weight excluding hydrogens is 415 g/mol. The van der Waals surface area contributed by atoms with Crippen molar-refractivity contribution in [3.05, 3.63) is 0 Å². The number of rotatable bonds is 7. The quantitative estimate of drug-likeness (QED) is 0.354. The number of guanidine groups is 1. The lowest BCUT2D eigenvalue weighted by Crippen LogP contribution is -2.53. The maximum absolute atomic E-state index is 5.49. The van der Waals surface area contributed by atoms with Gasteiger partial charge in [0.05, 0.1) is 13.2 Å². The molecule has 0 bridgehead atoms. The lowest BCUT2D eigenvalue weighted by Gasteiger charge is -2.42. The fraction of sp³-hybridized carbons (Fsp3) is 0.944. The minimum absolute atomic E-state index is 0. The number of nitrogens with one attached hydrogen (secondary N) is 2. The van der Waals surface area contributed by atoms with Crippen LogP contribution in [0.2, 0.25) is 0 Å². The van der Waals surface area contributed by atoms with Crippen LogP contribution in [0.15, 0.2) is 4.99 Å². The first kappa shape index (κ1) is 22.0. The van der Waals surface area contributed by atoms with Crippen molar-refractivity contribution in [2.24, 2.45) is 16.3 Å². The Morgan fingerprint density at radius 1 is 1.21 bits per heavy atom.